The molecule has 0 bridgehead atoms. The largest absolute Gasteiger partial charge is 0.487 e. The summed E-state index contributed by atoms with van der Waals surface area (Å²) >= 11 is 0. The van der Waals surface area contributed by atoms with Gasteiger partial charge in [0.1, 0.15) is 0 Å². The molecule has 1 aromatic heterocycles. The van der Waals surface area contributed by atoms with Crippen LogP contribution in [0.4, 0.5) is 5.82 Å². The smallest absolute Gasteiger partial charge is 0.168 e. The summed E-state index contributed by atoms with van der Waals surface area (Å²) in [5.74, 6) is 2.54. The van der Waals surface area contributed by atoms with Crippen molar-refractivity contribution in [3.8, 4) is 5.75 Å². The van der Waals surface area contributed by atoms with Crippen LogP contribution in [-0.4, -0.2) is 17.1 Å². The number of rotatable bonds is 5. The molecule has 0 spiro atoms. The van der Waals surface area contributed by atoms with Crippen molar-refractivity contribution in [3.05, 3.63) is 18.3 Å². The number of ether oxygens (including phenoxy) is 1. The number of nitrogens with one attached hydrogen (secondary N) is 1. The summed E-state index contributed by atoms with van der Waals surface area (Å²) in [5, 5.41) is 3.62. The van der Waals surface area contributed by atoms with Crippen LogP contribution in [-0.2, 0) is 0 Å². The summed E-state index contributed by atoms with van der Waals surface area (Å²) in [5.41, 5.74) is 0. The van der Waals surface area contributed by atoms with E-state index in [2.05, 4.69) is 17.2 Å². The fourth-order valence-electron chi connectivity index (χ4n) is 2.91. The van der Waals surface area contributed by atoms with Gasteiger partial charge >= 0.3 is 0 Å². The Morgan fingerprint density at radius 1 is 1.37 bits per heavy atom. The van der Waals surface area contributed by atoms with Gasteiger partial charge in [-0.3, -0.25) is 0 Å². The number of hydrogen-bond acceptors (Lipinski definition) is 3. The second-order valence-electron chi connectivity index (χ2n) is 5.72. The first-order valence-electron chi connectivity index (χ1n) is 7.59. The van der Waals surface area contributed by atoms with Crippen molar-refractivity contribution in [1.82, 2.24) is 4.98 Å². The lowest BCUT2D eigenvalue weighted by Gasteiger charge is -2.32. The van der Waals surface area contributed by atoms with Gasteiger partial charge in [-0.2, -0.15) is 0 Å². The molecule has 1 aliphatic rings. The Morgan fingerprint density at radius 2 is 2.16 bits per heavy atom. The topological polar surface area (TPSA) is 34.2 Å². The van der Waals surface area contributed by atoms with Gasteiger partial charge in [0.2, 0.25) is 0 Å². The lowest BCUT2D eigenvalue weighted by Crippen LogP contribution is -2.32. The van der Waals surface area contributed by atoms with E-state index in [-0.39, 0.29) is 6.10 Å². The predicted molar refractivity (Wildman–Crippen MR) is 79.7 cm³/mol. The van der Waals surface area contributed by atoms with E-state index >= 15 is 0 Å². The molecule has 3 heteroatoms. The van der Waals surface area contributed by atoms with E-state index in [0.29, 0.717) is 6.04 Å². The zero-order chi connectivity index (χ0) is 13.7. The average Bonchev–Trinajstić information content (AvgIpc) is 2.41. The first-order valence-corrected chi connectivity index (χ1v) is 7.59. The molecule has 1 heterocycles. The second-order valence-corrected chi connectivity index (χ2v) is 5.72. The number of hydrogen-bond donors (Lipinski definition) is 1. The molecule has 0 radical (unpaired) electrons. The number of nitrogens with zero attached hydrogens (tertiary/aromatic N) is 1. The van der Waals surface area contributed by atoms with Crippen molar-refractivity contribution >= 4 is 5.82 Å². The maximum atomic E-state index is 5.83. The Labute approximate surface area is 116 Å². The minimum absolute atomic E-state index is 0.179. The van der Waals surface area contributed by atoms with Gasteiger partial charge in [-0.05, 0) is 44.7 Å². The highest BCUT2D eigenvalue weighted by molar-refractivity contribution is 5.50. The quantitative estimate of drug-likeness (QED) is 0.861. The van der Waals surface area contributed by atoms with Crippen molar-refractivity contribution in [3.63, 3.8) is 0 Å². The van der Waals surface area contributed by atoms with E-state index in [1.165, 1.54) is 32.1 Å². The summed E-state index contributed by atoms with van der Waals surface area (Å²) in [6.45, 7) is 6.38. The van der Waals surface area contributed by atoms with Crippen LogP contribution in [0.2, 0.25) is 0 Å². The lowest BCUT2D eigenvalue weighted by atomic mass is 9.83. The maximum Gasteiger partial charge on any atom is 0.168 e. The van der Waals surface area contributed by atoms with E-state index in [1.807, 2.05) is 32.2 Å². The van der Waals surface area contributed by atoms with Crippen molar-refractivity contribution in [2.45, 2.75) is 65.0 Å². The molecule has 1 saturated carbocycles. The summed E-state index contributed by atoms with van der Waals surface area (Å²) in [6.07, 6.45) is 8.52. The van der Waals surface area contributed by atoms with Crippen molar-refractivity contribution in [2.75, 3.05) is 5.32 Å². The van der Waals surface area contributed by atoms with Gasteiger partial charge in [-0.25, -0.2) is 4.98 Å². The van der Waals surface area contributed by atoms with E-state index in [0.717, 1.165) is 17.5 Å². The van der Waals surface area contributed by atoms with Crippen LogP contribution in [0.1, 0.15) is 52.9 Å². The highest BCUT2D eigenvalue weighted by Gasteiger charge is 2.24. The average molecular weight is 262 g/mol. The summed E-state index contributed by atoms with van der Waals surface area (Å²) < 4.78 is 5.83. The van der Waals surface area contributed by atoms with Crippen molar-refractivity contribution < 1.29 is 4.74 Å². The third-order valence-electron chi connectivity index (χ3n) is 3.89. The minimum atomic E-state index is 0.179. The Hall–Kier alpha value is -1.25. The van der Waals surface area contributed by atoms with Gasteiger partial charge in [-0.15, -0.1) is 0 Å². The molecule has 3 nitrogen and oxygen atoms in total. The molecule has 2 atom stereocenters. The molecule has 2 rings (SSSR count). The Morgan fingerprint density at radius 3 is 2.89 bits per heavy atom. The molecule has 1 aliphatic carbocycles. The van der Waals surface area contributed by atoms with Gasteiger partial charge in [0.25, 0.3) is 0 Å². The van der Waals surface area contributed by atoms with Gasteiger partial charge in [0.15, 0.2) is 11.6 Å². The molecule has 0 saturated heterocycles. The molecule has 1 N–H and O–H groups in total. The highest BCUT2D eigenvalue weighted by atomic mass is 16.5. The first-order chi connectivity index (χ1) is 9.20. The monoisotopic (exact) mass is 262 g/mol. The van der Waals surface area contributed by atoms with E-state index in [1.54, 1.807) is 0 Å². The van der Waals surface area contributed by atoms with Crippen LogP contribution in [0.25, 0.3) is 0 Å². The zero-order valence-electron chi connectivity index (χ0n) is 12.4. The predicted octanol–water partition coefficient (Wildman–Crippen LogP) is 4.25. The molecule has 0 amide bonds. The van der Waals surface area contributed by atoms with E-state index in [4.69, 9.17) is 4.74 Å². The standard InChI is InChI=1S/C16H26N2O/c1-4-13-8-5-6-9-14(13)18-16-15(19-12(2)3)10-7-11-17-16/h7,10-14H,4-6,8-9H2,1-3H3,(H,17,18). The molecule has 0 aromatic carbocycles. The van der Waals surface area contributed by atoms with Gasteiger partial charge in [0.05, 0.1) is 6.10 Å². The zero-order valence-corrected chi connectivity index (χ0v) is 12.4. The number of aromatic nitrogens is 1. The molecular weight excluding hydrogens is 236 g/mol. The third-order valence-corrected chi connectivity index (χ3v) is 3.89. The molecule has 0 aliphatic heterocycles. The normalized spacial score (nSPS) is 23.4. The maximum absolute atomic E-state index is 5.83. The van der Waals surface area contributed by atoms with Crippen LogP contribution in [0.5, 0.6) is 5.75 Å². The van der Waals surface area contributed by atoms with Crippen LogP contribution in [0, 0.1) is 5.92 Å². The van der Waals surface area contributed by atoms with Gasteiger partial charge in [-0.1, -0.05) is 26.2 Å². The van der Waals surface area contributed by atoms with Gasteiger partial charge in [0, 0.05) is 12.2 Å². The van der Waals surface area contributed by atoms with Crippen LogP contribution in [0.3, 0.4) is 0 Å². The number of pyridine rings is 1. The van der Waals surface area contributed by atoms with Crippen LogP contribution >= 0.6 is 0 Å². The number of anilines is 1. The Bertz CT molecular complexity index is 392. The molecule has 106 valence electrons. The second kappa shape index (κ2) is 6.78. The molecule has 1 fully saturated rings. The third kappa shape index (κ3) is 3.85. The molecular formula is C16H26N2O. The molecule has 1 aromatic rings. The first kappa shape index (κ1) is 14.2. The SMILES string of the molecule is CCC1CCCCC1Nc1ncccc1OC(C)C. The fourth-order valence-corrected chi connectivity index (χ4v) is 2.91. The molecule has 2 unspecified atom stereocenters. The van der Waals surface area contributed by atoms with Gasteiger partial charge < -0.3 is 10.1 Å². The Balaban J connectivity index is 2.08. The summed E-state index contributed by atoms with van der Waals surface area (Å²) in [7, 11) is 0. The van der Waals surface area contributed by atoms with Crippen molar-refractivity contribution in [2.24, 2.45) is 5.92 Å². The molecule has 19 heavy (non-hydrogen) atoms. The van der Waals surface area contributed by atoms with Crippen molar-refractivity contribution in [1.29, 1.82) is 0 Å². The van der Waals surface area contributed by atoms with E-state index < -0.39 is 0 Å². The highest BCUT2D eigenvalue weighted by Crippen LogP contribution is 2.31. The van der Waals surface area contributed by atoms with Crippen LogP contribution < -0.4 is 10.1 Å². The van der Waals surface area contributed by atoms with Crippen LogP contribution in [0.15, 0.2) is 18.3 Å². The Kier molecular flexibility index (Phi) is 5.06. The minimum Gasteiger partial charge on any atom is -0.487 e. The summed E-state index contributed by atoms with van der Waals surface area (Å²) in [4.78, 5) is 4.46. The van der Waals surface area contributed by atoms with E-state index in [9.17, 15) is 0 Å². The lowest BCUT2D eigenvalue weighted by molar-refractivity contribution is 0.241. The summed E-state index contributed by atoms with van der Waals surface area (Å²) in [6, 6.07) is 4.48. The fraction of sp³-hybridized carbons (Fsp3) is 0.688.